The van der Waals surface area contributed by atoms with Crippen LogP contribution in [0.2, 0.25) is 0 Å². The van der Waals surface area contributed by atoms with Gasteiger partial charge in [-0.15, -0.1) is 0 Å². The molecule has 1 amide bonds. The number of aromatic nitrogens is 2. The zero-order chi connectivity index (χ0) is 16.4. The van der Waals surface area contributed by atoms with Crippen LogP contribution in [0.15, 0.2) is 30.6 Å². The second kappa shape index (κ2) is 6.20. The molecule has 1 aliphatic heterocycles. The molecule has 1 fully saturated rings. The molecule has 0 saturated carbocycles. The number of halogens is 1. The number of esters is 1. The van der Waals surface area contributed by atoms with Crippen molar-refractivity contribution < 1.29 is 18.7 Å². The van der Waals surface area contributed by atoms with Crippen molar-refractivity contribution in [3.8, 4) is 11.1 Å². The minimum Gasteiger partial charge on any atom is -0.464 e. The van der Waals surface area contributed by atoms with Gasteiger partial charge in [0.2, 0.25) is 5.91 Å². The minimum atomic E-state index is -0.595. The summed E-state index contributed by atoms with van der Waals surface area (Å²) >= 11 is 0. The molecule has 1 saturated heterocycles. The fourth-order valence-corrected chi connectivity index (χ4v) is 2.52. The van der Waals surface area contributed by atoms with Crippen molar-refractivity contribution in [1.29, 1.82) is 0 Å². The number of nitrogens with one attached hydrogen (secondary N) is 1. The minimum absolute atomic E-state index is 0.00796. The van der Waals surface area contributed by atoms with Crippen LogP contribution in [0.3, 0.4) is 0 Å². The average molecular weight is 317 g/mol. The number of nitrogens with zero attached hydrogens (tertiary/aromatic N) is 2. The number of carbonyl (C=O) groups excluding carboxylic acids is 2. The molecule has 1 aromatic heterocycles. The monoisotopic (exact) mass is 317 g/mol. The number of benzene rings is 1. The topological polar surface area (TPSA) is 73.2 Å². The Bertz CT molecular complexity index is 757. The number of cyclic esters (lactones) is 1. The Balaban J connectivity index is 1.68. The Morgan fingerprint density at radius 1 is 1.52 bits per heavy atom. The number of hydrogen-bond donors (Lipinski definition) is 1. The fourth-order valence-electron chi connectivity index (χ4n) is 2.52. The van der Waals surface area contributed by atoms with Crippen LogP contribution in [0.5, 0.6) is 0 Å². The van der Waals surface area contributed by atoms with Crippen molar-refractivity contribution in [2.24, 2.45) is 7.05 Å². The smallest absolute Gasteiger partial charge is 0.328 e. The molecule has 0 unspecified atom stereocenters. The molecular formula is C16H16FN3O3. The summed E-state index contributed by atoms with van der Waals surface area (Å²) in [6.45, 7) is 0.318. The third-order valence-electron chi connectivity index (χ3n) is 3.68. The molecule has 2 aromatic rings. The first-order valence-corrected chi connectivity index (χ1v) is 7.26. The van der Waals surface area contributed by atoms with Gasteiger partial charge in [-0.2, -0.15) is 5.10 Å². The van der Waals surface area contributed by atoms with Gasteiger partial charge in [-0.25, -0.2) is 9.18 Å². The highest BCUT2D eigenvalue weighted by Crippen LogP contribution is 2.23. The number of aryl methyl sites for hydroxylation is 1. The highest BCUT2D eigenvalue weighted by atomic mass is 19.1. The Morgan fingerprint density at radius 2 is 2.35 bits per heavy atom. The summed E-state index contributed by atoms with van der Waals surface area (Å²) in [7, 11) is 1.76. The van der Waals surface area contributed by atoms with Crippen LogP contribution in [-0.4, -0.2) is 34.3 Å². The van der Waals surface area contributed by atoms with E-state index in [1.807, 2.05) is 0 Å². The van der Waals surface area contributed by atoms with E-state index in [1.54, 1.807) is 36.3 Å². The second-order valence-corrected chi connectivity index (χ2v) is 5.47. The molecule has 1 N–H and O–H groups in total. The standard InChI is InChI=1S/C16H16FN3O3/c1-20-9-11(8-18-20)12-3-2-10(6-13(12)17)7-15(21)19-14-4-5-23-16(14)22/h2-3,6,8-9,14H,4-5,7H2,1H3,(H,19,21)/t14-/m1/s1. The molecule has 6 nitrogen and oxygen atoms in total. The van der Waals surface area contributed by atoms with Crippen molar-refractivity contribution >= 4 is 11.9 Å². The fraction of sp³-hybridized carbons (Fsp3) is 0.312. The van der Waals surface area contributed by atoms with Crippen molar-refractivity contribution in [3.05, 3.63) is 42.0 Å². The van der Waals surface area contributed by atoms with Crippen LogP contribution in [0.25, 0.3) is 11.1 Å². The van der Waals surface area contributed by atoms with Crippen molar-refractivity contribution in [2.75, 3.05) is 6.61 Å². The van der Waals surface area contributed by atoms with Gasteiger partial charge < -0.3 is 10.1 Å². The Kier molecular flexibility index (Phi) is 4.10. The van der Waals surface area contributed by atoms with Crippen molar-refractivity contribution in [3.63, 3.8) is 0 Å². The summed E-state index contributed by atoms with van der Waals surface area (Å²) < 4.78 is 20.6. The van der Waals surface area contributed by atoms with Crippen molar-refractivity contribution in [2.45, 2.75) is 18.9 Å². The molecular weight excluding hydrogens is 301 g/mol. The molecule has 2 heterocycles. The molecule has 0 aliphatic carbocycles. The second-order valence-electron chi connectivity index (χ2n) is 5.47. The lowest BCUT2D eigenvalue weighted by Gasteiger charge is -2.09. The Morgan fingerprint density at radius 3 is 2.96 bits per heavy atom. The first kappa shape index (κ1) is 15.2. The summed E-state index contributed by atoms with van der Waals surface area (Å²) in [5.41, 5.74) is 1.65. The lowest BCUT2D eigenvalue weighted by Crippen LogP contribution is -2.38. The quantitative estimate of drug-likeness (QED) is 0.860. The molecule has 0 bridgehead atoms. The maximum Gasteiger partial charge on any atom is 0.328 e. The number of rotatable bonds is 4. The largest absolute Gasteiger partial charge is 0.464 e. The molecule has 0 spiro atoms. The third kappa shape index (κ3) is 3.39. The van der Waals surface area contributed by atoms with E-state index >= 15 is 0 Å². The number of hydrogen-bond acceptors (Lipinski definition) is 4. The first-order valence-electron chi connectivity index (χ1n) is 7.26. The number of carbonyl (C=O) groups is 2. The zero-order valence-electron chi connectivity index (χ0n) is 12.6. The third-order valence-corrected chi connectivity index (χ3v) is 3.68. The molecule has 7 heteroatoms. The summed E-state index contributed by atoms with van der Waals surface area (Å²) in [5.74, 6) is -1.16. The predicted molar refractivity (Wildman–Crippen MR) is 79.8 cm³/mol. The van der Waals surface area contributed by atoms with Gasteiger partial charge in [-0.3, -0.25) is 9.48 Å². The van der Waals surface area contributed by atoms with Gasteiger partial charge >= 0.3 is 5.97 Å². The van der Waals surface area contributed by atoms with Crippen LogP contribution in [-0.2, 0) is 27.8 Å². The summed E-state index contributed by atoms with van der Waals surface area (Å²) in [4.78, 5) is 23.2. The molecule has 3 rings (SSSR count). The lowest BCUT2D eigenvalue weighted by molar-refractivity contribution is -0.141. The molecule has 1 aliphatic rings. The van der Waals surface area contributed by atoms with Crippen LogP contribution >= 0.6 is 0 Å². The number of ether oxygens (including phenoxy) is 1. The average Bonchev–Trinajstić information content (AvgIpc) is 3.08. The van der Waals surface area contributed by atoms with E-state index in [1.165, 1.54) is 6.07 Å². The highest BCUT2D eigenvalue weighted by molar-refractivity contribution is 5.86. The van der Waals surface area contributed by atoms with Gasteiger partial charge in [0, 0.05) is 30.8 Å². The van der Waals surface area contributed by atoms with E-state index < -0.39 is 17.8 Å². The Hall–Kier alpha value is -2.70. The van der Waals surface area contributed by atoms with Gasteiger partial charge in [0.25, 0.3) is 0 Å². The van der Waals surface area contributed by atoms with Crippen LogP contribution in [0.1, 0.15) is 12.0 Å². The maximum absolute atomic E-state index is 14.2. The van der Waals surface area contributed by atoms with Gasteiger partial charge in [-0.05, 0) is 11.6 Å². The van der Waals surface area contributed by atoms with E-state index in [0.29, 0.717) is 29.7 Å². The van der Waals surface area contributed by atoms with Crippen LogP contribution < -0.4 is 5.32 Å². The summed E-state index contributed by atoms with van der Waals surface area (Å²) in [5, 5.41) is 6.61. The van der Waals surface area contributed by atoms with Gasteiger partial charge in [0.1, 0.15) is 11.9 Å². The lowest BCUT2D eigenvalue weighted by atomic mass is 10.0. The van der Waals surface area contributed by atoms with Gasteiger partial charge in [0.05, 0.1) is 19.2 Å². The molecule has 23 heavy (non-hydrogen) atoms. The highest BCUT2D eigenvalue weighted by Gasteiger charge is 2.27. The summed E-state index contributed by atoms with van der Waals surface area (Å²) in [6, 6.07) is 4.05. The maximum atomic E-state index is 14.2. The van der Waals surface area contributed by atoms with E-state index in [-0.39, 0.29) is 12.3 Å². The Labute approximate surface area is 132 Å². The van der Waals surface area contributed by atoms with E-state index in [4.69, 9.17) is 4.74 Å². The van der Waals surface area contributed by atoms with Gasteiger partial charge in [0.15, 0.2) is 0 Å². The van der Waals surface area contributed by atoms with E-state index in [0.717, 1.165) is 0 Å². The zero-order valence-corrected chi connectivity index (χ0v) is 12.6. The summed E-state index contributed by atoms with van der Waals surface area (Å²) in [6.07, 6.45) is 3.78. The van der Waals surface area contributed by atoms with E-state index in [2.05, 4.69) is 10.4 Å². The first-order chi connectivity index (χ1) is 11.0. The predicted octanol–water partition coefficient (Wildman–Crippen LogP) is 1.20. The van der Waals surface area contributed by atoms with Gasteiger partial charge in [-0.1, -0.05) is 12.1 Å². The van der Waals surface area contributed by atoms with Crippen molar-refractivity contribution in [1.82, 2.24) is 15.1 Å². The SMILES string of the molecule is Cn1cc(-c2ccc(CC(=O)N[C@@H]3CCOC3=O)cc2F)cn1. The molecule has 120 valence electrons. The normalized spacial score (nSPS) is 17.1. The molecule has 0 radical (unpaired) electrons. The van der Waals surface area contributed by atoms with E-state index in [9.17, 15) is 14.0 Å². The van der Waals surface area contributed by atoms with Crippen LogP contribution in [0, 0.1) is 5.82 Å². The molecule has 1 aromatic carbocycles. The number of amides is 1. The van der Waals surface area contributed by atoms with Crippen LogP contribution in [0.4, 0.5) is 4.39 Å². The molecule has 1 atom stereocenters.